The molecule has 0 aliphatic carbocycles. The maximum Gasteiger partial charge on any atom is 0.459 e. The summed E-state index contributed by atoms with van der Waals surface area (Å²) in [4.78, 5) is 10.00. The third-order valence-electron chi connectivity index (χ3n) is 5.91. The third kappa shape index (κ3) is 4.35. The topological polar surface area (TPSA) is 81.6 Å². The number of nitrogens with zero attached hydrogens (tertiary/aromatic N) is 6. The van der Waals surface area contributed by atoms with E-state index in [0.717, 1.165) is 18.1 Å². The van der Waals surface area contributed by atoms with E-state index in [1.54, 1.807) is 43.5 Å². The van der Waals surface area contributed by atoms with Gasteiger partial charge >= 0.3 is 12.1 Å². The van der Waals surface area contributed by atoms with Gasteiger partial charge in [0.1, 0.15) is 22.7 Å². The number of aromatic nitrogens is 5. The first-order valence-corrected chi connectivity index (χ1v) is 10.9. The van der Waals surface area contributed by atoms with E-state index in [-0.39, 0.29) is 28.4 Å². The maximum absolute atomic E-state index is 14.5. The molecule has 0 N–H and O–H groups in total. The SMILES string of the molecule is COCCN(C)c1ccc(-c2cc(C(F)(F)C(F)(F)F)nc3c2ccc2nc(-c4nnco4)cn23)cc1. The summed E-state index contributed by atoms with van der Waals surface area (Å²) < 4.78 is 80.7. The molecule has 13 heteroatoms. The molecular weight excluding hydrogens is 499 g/mol. The molecule has 0 aliphatic rings. The molecular formula is C24H19F5N6O2. The second kappa shape index (κ2) is 9.07. The molecule has 0 amide bonds. The van der Waals surface area contributed by atoms with Gasteiger partial charge in [-0.2, -0.15) is 22.0 Å². The van der Waals surface area contributed by atoms with E-state index in [2.05, 4.69) is 20.2 Å². The van der Waals surface area contributed by atoms with Crippen LogP contribution in [0, 0.1) is 0 Å². The largest absolute Gasteiger partial charge is 0.459 e. The summed E-state index contributed by atoms with van der Waals surface area (Å²) in [5.41, 5.74) is 0.322. The summed E-state index contributed by atoms with van der Waals surface area (Å²) in [6.07, 6.45) is -3.35. The smallest absolute Gasteiger partial charge is 0.422 e. The molecule has 0 bridgehead atoms. The highest BCUT2D eigenvalue weighted by Crippen LogP contribution is 2.45. The van der Waals surface area contributed by atoms with Crippen molar-refractivity contribution in [1.82, 2.24) is 24.6 Å². The number of benzene rings is 1. The van der Waals surface area contributed by atoms with Crippen molar-refractivity contribution in [3.8, 4) is 22.7 Å². The highest BCUT2D eigenvalue weighted by atomic mass is 19.4. The molecule has 0 aliphatic heterocycles. The van der Waals surface area contributed by atoms with Crippen molar-refractivity contribution in [2.24, 2.45) is 0 Å². The molecule has 8 nitrogen and oxygen atoms in total. The number of ether oxygens (including phenoxy) is 1. The fourth-order valence-electron chi connectivity index (χ4n) is 3.91. The van der Waals surface area contributed by atoms with Crippen LogP contribution >= 0.6 is 0 Å². The number of methoxy groups -OCH3 is 1. The summed E-state index contributed by atoms with van der Waals surface area (Å²) in [7, 11) is 3.44. The Labute approximate surface area is 206 Å². The van der Waals surface area contributed by atoms with Gasteiger partial charge < -0.3 is 14.1 Å². The maximum atomic E-state index is 14.5. The van der Waals surface area contributed by atoms with E-state index in [1.165, 1.54) is 10.6 Å². The normalized spacial score (nSPS) is 12.5. The minimum absolute atomic E-state index is 0.0574. The van der Waals surface area contributed by atoms with E-state index in [4.69, 9.17) is 9.15 Å². The van der Waals surface area contributed by atoms with E-state index in [9.17, 15) is 22.0 Å². The Morgan fingerprint density at radius 2 is 1.78 bits per heavy atom. The van der Waals surface area contributed by atoms with Gasteiger partial charge in [0.15, 0.2) is 0 Å². The van der Waals surface area contributed by atoms with Crippen LogP contribution in [0.4, 0.5) is 27.6 Å². The van der Waals surface area contributed by atoms with Gasteiger partial charge in [0.05, 0.1) is 6.61 Å². The predicted molar refractivity (Wildman–Crippen MR) is 124 cm³/mol. The zero-order valence-corrected chi connectivity index (χ0v) is 19.5. The number of hydrogen-bond donors (Lipinski definition) is 0. The Morgan fingerprint density at radius 3 is 2.43 bits per heavy atom. The van der Waals surface area contributed by atoms with Crippen LogP contribution in [0.2, 0.25) is 0 Å². The number of anilines is 1. The average Bonchev–Trinajstić information content (AvgIpc) is 3.56. The molecule has 37 heavy (non-hydrogen) atoms. The molecule has 0 fully saturated rings. The molecule has 0 unspecified atom stereocenters. The molecule has 0 radical (unpaired) electrons. The number of hydrogen-bond acceptors (Lipinski definition) is 7. The first-order chi connectivity index (χ1) is 17.6. The lowest BCUT2D eigenvalue weighted by atomic mass is 9.99. The minimum Gasteiger partial charge on any atom is -0.422 e. The van der Waals surface area contributed by atoms with Crippen LogP contribution in [-0.2, 0) is 10.7 Å². The fraction of sp³-hybridized carbons (Fsp3) is 0.250. The van der Waals surface area contributed by atoms with Gasteiger partial charge in [0.2, 0.25) is 6.39 Å². The number of alkyl halides is 5. The lowest BCUT2D eigenvalue weighted by molar-refractivity contribution is -0.290. The van der Waals surface area contributed by atoms with Crippen molar-refractivity contribution >= 4 is 22.4 Å². The molecule has 5 rings (SSSR count). The van der Waals surface area contributed by atoms with Gasteiger partial charge in [-0.3, -0.25) is 4.40 Å². The monoisotopic (exact) mass is 518 g/mol. The van der Waals surface area contributed by atoms with Crippen LogP contribution in [-0.4, -0.2) is 58.1 Å². The van der Waals surface area contributed by atoms with Crippen LogP contribution in [0.5, 0.6) is 0 Å². The van der Waals surface area contributed by atoms with E-state index < -0.39 is 17.8 Å². The average molecular weight is 518 g/mol. The number of likely N-dealkylation sites (N-methyl/N-ethyl adjacent to an activating group) is 1. The van der Waals surface area contributed by atoms with Crippen LogP contribution in [0.25, 0.3) is 39.4 Å². The molecule has 1 aromatic carbocycles. The van der Waals surface area contributed by atoms with E-state index in [0.29, 0.717) is 24.1 Å². The van der Waals surface area contributed by atoms with Crippen molar-refractivity contribution in [3.05, 3.63) is 60.7 Å². The quantitative estimate of drug-likeness (QED) is 0.269. The summed E-state index contributed by atoms with van der Waals surface area (Å²) in [5.74, 6) is -5.13. The van der Waals surface area contributed by atoms with Crippen molar-refractivity contribution in [2.45, 2.75) is 12.1 Å². The summed E-state index contributed by atoms with van der Waals surface area (Å²) >= 11 is 0. The third-order valence-corrected chi connectivity index (χ3v) is 5.91. The minimum atomic E-state index is -5.84. The van der Waals surface area contributed by atoms with Crippen molar-refractivity contribution in [2.75, 3.05) is 32.2 Å². The number of fused-ring (bicyclic) bond motifs is 3. The second-order valence-corrected chi connectivity index (χ2v) is 8.26. The van der Waals surface area contributed by atoms with Gasteiger partial charge in [-0.25, -0.2) is 9.97 Å². The molecule has 0 saturated carbocycles. The molecule has 5 aromatic rings. The number of halogens is 5. The van der Waals surface area contributed by atoms with E-state index in [1.807, 2.05) is 11.9 Å². The highest BCUT2D eigenvalue weighted by molar-refractivity contribution is 5.95. The number of pyridine rings is 2. The van der Waals surface area contributed by atoms with Gasteiger partial charge in [0, 0.05) is 38.0 Å². The fourth-order valence-corrected chi connectivity index (χ4v) is 3.91. The number of rotatable bonds is 7. The van der Waals surface area contributed by atoms with Crippen molar-refractivity contribution in [3.63, 3.8) is 0 Å². The zero-order valence-electron chi connectivity index (χ0n) is 19.5. The molecule has 4 heterocycles. The molecule has 0 saturated heterocycles. The Morgan fingerprint density at radius 1 is 1.03 bits per heavy atom. The van der Waals surface area contributed by atoms with Crippen LogP contribution in [0.3, 0.4) is 0 Å². The van der Waals surface area contributed by atoms with Gasteiger partial charge in [-0.1, -0.05) is 12.1 Å². The van der Waals surface area contributed by atoms with Crippen LogP contribution in [0.15, 0.2) is 59.5 Å². The highest BCUT2D eigenvalue weighted by Gasteiger charge is 2.60. The predicted octanol–water partition coefficient (Wildman–Crippen LogP) is 5.34. The number of imidazole rings is 1. The van der Waals surface area contributed by atoms with Crippen molar-refractivity contribution in [1.29, 1.82) is 0 Å². The van der Waals surface area contributed by atoms with E-state index >= 15 is 0 Å². The Bertz CT molecular complexity index is 1550. The van der Waals surface area contributed by atoms with Gasteiger partial charge in [0.25, 0.3) is 5.89 Å². The summed E-state index contributed by atoms with van der Waals surface area (Å²) in [6.45, 7) is 1.10. The lowest BCUT2D eigenvalue weighted by Crippen LogP contribution is -2.34. The Kier molecular flexibility index (Phi) is 6.02. The summed E-state index contributed by atoms with van der Waals surface area (Å²) in [5, 5.41) is 7.69. The molecule has 0 spiro atoms. The standard InChI is InChI=1S/C24H19F5N6O2/c1-34(9-10-36-2)15-5-3-14(4-6-15)17-11-19(23(25,26)24(27,28)29)32-21-16(17)7-8-20-31-18(12-35(20)21)22-33-30-13-37-22/h3-8,11-13H,9-10H2,1-2H3. The first-order valence-electron chi connectivity index (χ1n) is 10.9. The molecule has 0 atom stereocenters. The second-order valence-electron chi connectivity index (χ2n) is 8.26. The van der Waals surface area contributed by atoms with Crippen molar-refractivity contribution < 1.29 is 31.1 Å². The Balaban J connectivity index is 1.71. The van der Waals surface area contributed by atoms with Gasteiger partial charge in [-0.15, -0.1) is 10.2 Å². The van der Waals surface area contributed by atoms with Crippen LogP contribution in [0.1, 0.15) is 5.69 Å². The molecule has 4 aromatic heterocycles. The summed E-state index contributed by atoms with van der Waals surface area (Å²) in [6, 6.07) is 10.8. The van der Waals surface area contributed by atoms with Crippen LogP contribution < -0.4 is 4.90 Å². The first kappa shape index (κ1) is 24.6. The molecule has 192 valence electrons. The Hall–Kier alpha value is -4.13. The zero-order chi connectivity index (χ0) is 26.4. The van der Waals surface area contributed by atoms with Gasteiger partial charge in [-0.05, 0) is 41.5 Å². The lowest BCUT2D eigenvalue weighted by Gasteiger charge is -2.21.